The van der Waals surface area contributed by atoms with Crippen LogP contribution < -0.4 is 4.74 Å². The summed E-state index contributed by atoms with van der Waals surface area (Å²) in [6.07, 6.45) is 6.20. The molecule has 0 spiro atoms. The molecule has 2 heterocycles. The first kappa shape index (κ1) is 13.4. The van der Waals surface area contributed by atoms with Crippen LogP contribution in [0.3, 0.4) is 0 Å². The molecule has 2 aliphatic rings. The highest BCUT2D eigenvalue weighted by Crippen LogP contribution is 2.32. The molecule has 1 aromatic heterocycles. The summed E-state index contributed by atoms with van der Waals surface area (Å²) < 4.78 is 5.85. The zero-order valence-corrected chi connectivity index (χ0v) is 12.0. The highest BCUT2D eigenvalue weighted by atomic mass is 16.5. The van der Waals surface area contributed by atoms with Crippen molar-refractivity contribution < 1.29 is 9.53 Å². The molecule has 2 fully saturated rings. The third-order valence-corrected chi connectivity index (χ3v) is 4.11. The molecule has 1 aliphatic heterocycles. The lowest BCUT2D eigenvalue weighted by Gasteiger charge is -2.32. The standard InChI is InChI=1S/C16H22N2O2/c1-12-9-15(6-7-17-12)20-11-13-3-2-8-18(10-13)16(19)14-4-5-14/h6-7,9,13-14H,2-5,8,10-11H2,1H3. The summed E-state index contributed by atoms with van der Waals surface area (Å²) in [7, 11) is 0. The number of carbonyl (C=O) groups excluding carboxylic acids is 1. The van der Waals surface area contributed by atoms with E-state index >= 15 is 0 Å². The van der Waals surface area contributed by atoms with Gasteiger partial charge in [-0.05, 0) is 38.7 Å². The molecular formula is C16H22N2O2. The van der Waals surface area contributed by atoms with Gasteiger partial charge in [-0.1, -0.05) is 0 Å². The number of carbonyl (C=O) groups is 1. The molecule has 108 valence electrons. The summed E-state index contributed by atoms with van der Waals surface area (Å²) in [5.41, 5.74) is 0.969. The van der Waals surface area contributed by atoms with Gasteiger partial charge in [-0.2, -0.15) is 0 Å². The van der Waals surface area contributed by atoms with E-state index in [4.69, 9.17) is 4.74 Å². The van der Waals surface area contributed by atoms with Crippen LogP contribution in [0.1, 0.15) is 31.4 Å². The van der Waals surface area contributed by atoms with Crippen molar-refractivity contribution in [2.75, 3.05) is 19.7 Å². The smallest absolute Gasteiger partial charge is 0.225 e. The second-order valence-electron chi connectivity index (χ2n) is 6.01. The van der Waals surface area contributed by atoms with Crippen LogP contribution in [0.2, 0.25) is 0 Å². The third kappa shape index (κ3) is 3.30. The van der Waals surface area contributed by atoms with E-state index in [1.807, 2.05) is 24.0 Å². The minimum Gasteiger partial charge on any atom is -0.493 e. The van der Waals surface area contributed by atoms with E-state index in [1.165, 1.54) is 0 Å². The minimum absolute atomic E-state index is 0.331. The van der Waals surface area contributed by atoms with Gasteiger partial charge in [-0.25, -0.2) is 0 Å². The fourth-order valence-corrected chi connectivity index (χ4v) is 2.81. The van der Waals surface area contributed by atoms with Crippen molar-refractivity contribution in [3.8, 4) is 5.75 Å². The van der Waals surface area contributed by atoms with Gasteiger partial charge in [0.1, 0.15) is 5.75 Å². The fourth-order valence-electron chi connectivity index (χ4n) is 2.81. The number of likely N-dealkylation sites (tertiary alicyclic amines) is 1. The van der Waals surface area contributed by atoms with E-state index in [0.29, 0.717) is 24.3 Å². The molecule has 1 atom stereocenters. The largest absolute Gasteiger partial charge is 0.493 e. The lowest BCUT2D eigenvalue weighted by Crippen LogP contribution is -2.42. The van der Waals surface area contributed by atoms with Crippen LogP contribution in [0, 0.1) is 18.8 Å². The Hall–Kier alpha value is -1.58. The Morgan fingerprint density at radius 3 is 3.05 bits per heavy atom. The van der Waals surface area contributed by atoms with Crippen LogP contribution >= 0.6 is 0 Å². The lowest BCUT2D eigenvalue weighted by atomic mass is 9.98. The number of ether oxygens (including phenoxy) is 1. The Morgan fingerprint density at radius 1 is 1.45 bits per heavy atom. The number of amides is 1. The van der Waals surface area contributed by atoms with Gasteiger partial charge in [-0.3, -0.25) is 9.78 Å². The van der Waals surface area contributed by atoms with Gasteiger partial charge in [0.05, 0.1) is 6.61 Å². The van der Waals surface area contributed by atoms with E-state index in [-0.39, 0.29) is 0 Å². The van der Waals surface area contributed by atoms with Gasteiger partial charge in [0, 0.05) is 42.9 Å². The predicted octanol–water partition coefficient (Wildman–Crippen LogP) is 2.42. The quantitative estimate of drug-likeness (QED) is 0.847. The van der Waals surface area contributed by atoms with Crippen LogP contribution in [0.15, 0.2) is 18.3 Å². The Morgan fingerprint density at radius 2 is 2.30 bits per heavy atom. The van der Waals surface area contributed by atoms with E-state index in [0.717, 1.165) is 50.2 Å². The van der Waals surface area contributed by atoms with Gasteiger partial charge in [0.15, 0.2) is 0 Å². The molecule has 0 N–H and O–H groups in total. The maximum Gasteiger partial charge on any atom is 0.225 e. The second kappa shape index (κ2) is 5.81. The first-order valence-electron chi connectivity index (χ1n) is 7.56. The van der Waals surface area contributed by atoms with Crippen molar-refractivity contribution in [3.05, 3.63) is 24.0 Å². The number of hydrogen-bond acceptors (Lipinski definition) is 3. The van der Waals surface area contributed by atoms with Gasteiger partial charge in [-0.15, -0.1) is 0 Å². The van der Waals surface area contributed by atoms with Crippen molar-refractivity contribution in [2.45, 2.75) is 32.6 Å². The van der Waals surface area contributed by atoms with Crippen molar-refractivity contribution in [1.82, 2.24) is 9.88 Å². The van der Waals surface area contributed by atoms with Crippen LogP contribution in [0.25, 0.3) is 0 Å². The molecule has 0 radical (unpaired) electrons. The number of piperidine rings is 1. The zero-order valence-electron chi connectivity index (χ0n) is 12.0. The molecule has 1 aromatic rings. The van der Waals surface area contributed by atoms with E-state index in [2.05, 4.69) is 4.98 Å². The Kier molecular flexibility index (Phi) is 3.90. The molecule has 1 saturated carbocycles. The van der Waals surface area contributed by atoms with E-state index in [9.17, 15) is 4.79 Å². The zero-order chi connectivity index (χ0) is 13.9. The molecule has 1 amide bonds. The van der Waals surface area contributed by atoms with Crippen molar-refractivity contribution in [2.24, 2.45) is 11.8 Å². The molecule has 3 rings (SSSR count). The maximum absolute atomic E-state index is 12.1. The normalized spacial score (nSPS) is 22.6. The lowest BCUT2D eigenvalue weighted by molar-refractivity contribution is -0.134. The average Bonchev–Trinajstić information content (AvgIpc) is 3.29. The second-order valence-corrected chi connectivity index (χ2v) is 6.01. The van der Waals surface area contributed by atoms with Crippen molar-refractivity contribution >= 4 is 5.91 Å². The minimum atomic E-state index is 0.331. The van der Waals surface area contributed by atoms with E-state index in [1.54, 1.807) is 6.20 Å². The summed E-state index contributed by atoms with van der Waals surface area (Å²) >= 11 is 0. The summed E-state index contributed by atoms with van der Waals surface area (Å²) in [6.45, 7) is 4.45. The molecule has 4 nitrogen and oxygen atoms in total. The Bertz CT molecular complexity index is 485. The van der Waals surface area contributed by atoms with Crippen LogP contribution in [-0.2, 0) is 4.79 Å². The van der Waals surface area contributed by atoms with Gasteiger partial charge >= 0.3 is 0 Å². The molecule has 0 bridgehead atoms. The number of aryl methyl sites for hydroxylation is 1. The molecule has 1 aliphatic carbocycles. The van der Waals surface area contributed by atoms with Crippen molar-refractivity contribution in [1.29, 1.82) is 0 Å². The summed E-state index contributed by atoms with van der Waals surface area (Å²) in [6, 6.07) is 3.85. The highest BCUT2D eigenvalue weighted by Gasteiger charge is 2.35. The number of aromatic nitrogens is 1. The van der Waals surface area contributed by atoms with Gasteiger partial charge < -0.3 is 9.64 Å². The number of nitrogens with zero attached hydrogens (tertiary/aromatic N) is 2. The number of pyridine rings is 1. The highest BCUT2D eigenvalue weighted by molar-refractivity contribution is 5.81. The van der Waals surface area contributed by atoms with E-state index < -0.39 is 0 Å². The van der Waals surface area contributed by atoms with Crippen LogP contribution in [-0.4, -0.2) is 35.5 Å². The first-order valence-corrected chi connectivity index (χ1v) is 7.56. The van der Waals surface area contributed by atoms with Gasteiger partial charge in [0.2, 0.25) is 5.91 Å². The average molecular weight is 274 g/mol. The maximum atomic E-state index is 12.1. The fraction of sp³-hybridized carbons (Fsp3) is 0.625. The van der Waals surface area contributed by atoms with Crippen molar-refractivity contribution in [3.63, 3.8) is 0 Å². The molecule has 1 unspecified atom stereocenters. The van der Waals surface area contributed by atoms with Gasteiger partial charge in [0.25, 0.3) is 0 Å². The predicted molar refractivity (Wildman–Crippen MR) is 76.5 cm³/mol. The summed E-state index contributed by atoms with van der Waals surface area (Å²) in [5, 5.41) is 0. The molecular weight excluding hydrogens is 252 g/mol. The van der Waals surface area contributed by atoms with Crippen LogP contribution in [0.4, 0.5) is 0 Å². The third-order valence-electron chi connectivity index (χ3n) is 4.11. The molecule has 20 heavy (non-hydrogen) atoms. The topological polar surface area (TPSA) is 42.4 Å². The number of hydrogen-bond donors (Lipinski definition) is 0. The summed E-state index contributed by atoms with van der Waals surface area (Å²) in [5.74, 6) is 2.04. The Balaban J connectivity index is 1.51. The molecule has 4 heteroatoms. The number of rotatable bonds is 4. The Labute approximate surface area is 120 Å². The summed E-state index contributed by atoms with van der Waals surface area (Å²) in [4.78, 5) is 18.3. The molecule has 0 aromatic carbocycles. The molecule has 1 saturated heterocycles. The SMILES string of the molecule is Cc1cc(OCC2CCCN(C(=O)C3CC3)C2)ccn1. The monoisotopic (exact) mass is 274 g/mol. The first-order chi connectivity index (χ1) is 9.72. The van der Waals surface area contributed by atoms with Crippen LogP contribution in [0.5, 0.6) is 5.75 Å².